The molecule has 0 aliphatic heterocycles. The van der Waals surface area contributed by atoms with Gasteiger partial charge in [0.25, 0.3) is 0 Å². The third-order valence-electron chi connectivity index (χ3n) is 3.03. The topological polar surface area (TPSA) is 59.4 Å². The molecule has 0 saturated carbocycles. The van der Waals surface area contributed by atoms with Crippen molar-refractivity contribution in [2.24, 2.45) is 0 Å². The van der Waals surface area contributed by atoms with Crippen LogP contribution in [-0.4, -0.2) is 23.2 Å². The van der Waals surface area contributed by atoms with Crippen LogP contribution in [0.25, 0.3) is 0 Å². The van der Waals surface area contributed by atoms with E-state index in [9.17, 15) is 9.90 Å². The lowest BCUT2D eigenvalue weighted by atomic mass is 9.95. The molecule has 1 aromatic carbocycles. The number of methoxy groups -OCH3 is 1. The fraction of sp³-hybridized carbons (Fsp3) is 0.200. The maximum absolute atomic E-state index is 11.6. The lowest BCUT2D eigenvalue weighted by molar-refractivity contribution is -0.138. The number of aliphatic carboxylic acids is 1. The molecule has 20 heavy (non-hydrogen) atoms. The van der Waals surface area contributed by atoms with E-state index in [0.717, 1.165) is 5.56 Å². The number of aromatic nitrogens is 1. The summed E-state index contributed by atoms with van der Waals surface area (Å²) in [5.41, 5.74) is 1.37. The Hall–Kier alpha value is -1.88. The number of carboxylic acids is 1. The summed E-state index contributed by atoms with van der Waals surface area (Å²) in [7, 11) is 1.57. The molecule has 104 valence electrons. The van der Waals surface area contributed by atoms with Crippen LogP contribution in [0.5, 0.6) is 5.75 Å². The van der Waals surface area contributed by atoms with E-state index in [4.69, 9.17) is 4.74 Å². The number of halogens is 1. The van der Waals surface area contributed by atoms with Crippen LogP contribution < -0.4 is 4.74 Å². The number of carbonyl (C=O) groups is 1. The number of rotatable bonds is 5. The number of carboxylic acid groups (broad SMARTS) is 1. The molecule has 0 fully saturated rings. The van der Waals surface area contributed by atoms with Crippen molar-refractivity contribution >= 4 is 21.9 Å². The Morgan fingerprint density at radius 3 is 2.75 bits per heavy atom. The molecule has 1 unspecified atom stereocenters. The van der Waals surface area contributed by atoms with Gasteiger partial charge in [-0.3, -0.25) is 9.78 Å². The molecule has 0 aliphatic carbocycles. The van der Waals surface area contributed by atoms with Crippen molar-refractivity contribution in [2.45, 2.75) is 12.3 Å². The van der Waals surface area contributed by atoms with E-state index < -0.39 is 11.9 Å². The van der Waals surface area contributed by atoms with Crippen LogP contribution in [0, 0.1) is 0 Å². The first-order valence-corrected chi connectivity index (χ1v) is 6.88. The Morgan fingerprint density at radius 1 is 1.35 bits per heavy atom. The molecule has 1 atom stereocenters. The van der Waals surface area contributed by atoms with Gasteiger partial charge in [0, 0.05) is 10.7 Å². The summed E-state index contributed by atoms with van der Waals surface area (Å²) < 4.78 is 5.96. The second-order valence-electron chi connectivity index (χ2n) is 4.28. The van der Waals surface area contributed by atoms with E-state index in [1.807, 2.05) is 24.3 Å². The standard InChI is InChI=1S/C15H14BrNO3/c1-20-13-7-3-2-5-10(13)9-11(15(18)19)14-12(16)6-4-8-17-14/h2-8,11H,9H2,1H3,(H,18,19). The first-order chi connectivity index (χ1) is 9.63. The zero-order valence-electron chi connectivity index (χ0n) is 10.9. The first kappa shape index (κ1) is 14.5. The zero-order valence-corrected chi connectivity index (χ0v) is 12.5. The number of hydrogen-bond donors (Lipinski definition) is 1. The molecule has 0 radical (unpaired) electrons. The third kappa shape index (κ3) is 3.17. The summed E-state index contributed by atoms with van der Waals surface area (Å²) in [5, 5.41) is 9.47. The predicted octanol–water partition coefficient (Wildman–Crippen LogP) is 3.26. The number of hydrogen-bond acceptors (Lipinski definition) is 3. The van der Waals surface area contributed by atoms with Crippen LogP contribution in [0.3, 0.4) is 0 Å². The fourth-order valence-electron chi connectivity index (χ4n) is 2.05. The van der Waals surface area contributed by atoms with Crippen molar-refractivity contribution in [1.82, 2.24) is 4.98 Å². The van der Waals surface area contributed by atoms with Crippen molar-refractivity contribution in [3.8, 4) is 5.75 Å². The van der Waals surface area contributed by atoms with Crippen molar-refractivity contribution in [3.05, 3.63) is 58.3 Å². The summed E-state index contributed by atoms with van der Waals surface area (Å²) in [5.74, 6) is -0.942. The normalized spacial score (nSPS) is 11.9. The van der Waals surface area contributed by atoms with Gasteiger partial charge in [0.15, 0.2) is 0 Å². The lowest BCUT2D eigenvalue weighted by Gasteiger charge is -2.15. The van der Waals surface area contributed by atoms with Gasteiger partial charge in [-0.2, -0.15) is 0 Å². The molecule has 0 saturated heterocycles. The highest BCUT2D eigenvalue weighted by molar-refractivity contribution is 9.10. The highest BCUT2D eigenvalue weighted by Crippen LogP contribution is 2.29. The molecule has 0 spiro atoms. The summed E-state index contributed by atoms with van der Waals surface area (Å²) >= 11 is 3.36. The number of para-hydroxylation sites is 1. The van der Waals surface area contributed by atoms with Crippen molar-refractivity contribution in [2.75, 3.05) is 7.11 Å². The summed E-state index contributed by atoms with van der Waals surface area (Å²) in [6, 6.07) is 11.0. The number of benzene rings is 1. The minimum atomic E-state index is -0.907. The van der Waals surface area contributed by atoms with Crippen molar-refractivity contribution < 1.29 is 14.6 Å². The minimum absolute atomic E-state index is 0.328. The summed E-state index contributed by atoms with van der Waals surface area (Å²) in [6.07, 6.45) is 1.92. The largest absolute Gasteiger partial charge is 0.496 e. The van der Waals surface area contributed by atoms with E-state index in [2.05, 4.69) is 20.9 Å². The molecule has 2 aromatic rings. The highest BCUT2D eigenvalue weighted by atomic mass is 79.9. The molecule has 0 bridgehead atoms. The smallest absolute Gasteiger partial charge is 0.312 e. The van der Waals surface area contributed by atoms with Gasteiger partial charge in [-0.25, -0.2) is 0 Å². The van der Waals surface area contributed by atoms with Crippen LogP contribution in [0.1, 0.15) is 17.2 Å². The Labute approximate surface area is 125 Å². The summed E-state index contributed by atoms with van der Waals surface area (Å²) in [4.78, 5) is 15.7. The number of ether oxygens (including phenoxy) is 1. The van der Waals surface area contributed by atoms with Gasteiger partial charge < -0.3 is 9.84 Å². The highest BCUT2D eigenvalue weighted by Gasteiger charge is 2.25. The SMILES string of the molecule is COc1ccccc1CC(C(=O)O)c1ncccc1Br. The Kier molecular flexibility index (Phi) is 4.74. The second-order valence-corrected chi connectivity index (χ2v) is 5.13. The molecule has 1 heterocycles. The van der Waals surface area contributed by atoms with Crippen molar-refractivity contribution in [1.29, 1.82) is 0 Å². The van der Waals surface area contributed by atoms with Crippen LogP contribution in [0.2, 0.25) is 0 Å². The number of nitrogens with zero attached hydrogens (tertiary/aromatic N) is 1. The lowest BCUT2D eigenvalue weighted by Crippen LogP contribution is -2.16. The van der Waals surface area contributed by atoms with E-state index in [-0.39, 0.29) is 0 Å². The van der Waals surface area contributed by atoms with Crippen LogP contribution in [-0.2, 0) is 11.2 Å². The van der Waals surface area contributed by atoms with Gasteiger partial charge in [0.05, 0.1) is 12.8 Å². The molecule has 0 aliphatic rings. The van der Waals surface area contributed by atoms with E-state index >= 15 is 0 Å². The van der Waals surface area contributed by atoms with Gasteiger partial charge in [-0.05, 0) is 46.1 Å². The molecular weight excluding hydrogens is 322 g/mol. The van der Waals surface area contributed by atoms with Gasteiger partial charge in [0.2, 0.25) is 0 Å². The third-order valence-corrected chi connectivity index (χ3v) is 3.70. The second kappa shape index (κ2) is 6.52. The Balaban J connectivity index is 2.36. The maximum Gasteiger partial charge on any atom is 0.312 e. The zero-order chi connectivity index (χ0) is 14.5. The molecule has 1 aromatic heterocycles. The van der Waals surface area contributed by atoms with E-state index in [1.54, 1.807) is 25.4 Å². The molecule has 0 amide bonds. The molecule has 1 N–H and O–H groups in total. The molecular formula is C15H14BrNO3. The monoisotopic (exact) mass is 335 g/mol. The van der Waals surface area contributed by atoms with Crippen LogP contribution in [0.4, 0.5) is 0 Å². The quantitative estimate of drug-likeness (QED) is 0.910. The van der Waals surface area contributed by atoms with E-state index in [0.29, 0.717) is 22.3 Å². The minimum Gasteiger partial charge on any atom is -0.496 e. The Morgan fingerprint density at radius 2 is 2.10 bits per heavy atom. The average Bonchev–Trinajstić information content (AvgIpc) is 2.46. The first-order valence-electron chi connectivity index (χ1n) is 6.08. The maximum atomic E-state index is 11.6. The van der Waals surface area contributed by atoms with Gasteiger partial charge >= 0.3 is 5.97 Å². The van der Waals surface area contributed by atoms with E-state index in [1.165, 1.54) is 0 Å². The fourth-order valence-corrected chi connectivity index (χ4v) is 2.58. The van der Waals surface area contributed by atoms with Gasteiger partial charge in [-0.1, -0.05) is 18.2 Å². The van der Waals surface area contributed by atoms with Gasteiger partial charge in [-0.15, -0.1) is 0 Å². The van der Waals surface area contributed by atoms with Gasteiger partial charge in [0.1, 0.15) is 11.7 Å². The van der Waals surface area contributed by atoms with Crippen LogP contribution in [0.15, 0.2) is 47.1 Å². The van der Waals surface area contributed by atoms with Crippen molar-refractivity contribution in [3.63, 3.8) is 0 Å². The predicted molar refractivity (Wildman–Crippen MR) is 79.0 cm³/mol. The molecule has 4 nitrogen and oxygen atoms in total. The number of pyridine rings is 1. The molecule has 2 rings (SSSR count). The average molecular weight is 336 g/mol. The Bertz CT molecular complexity index is 616. The van der Waals surface area contributed by atoms with Crippen LogP contribution >= 0.6 is 15.9 Å². The molecule has 5 heteroatoms. The summed E-state index contributed by atoms with van der Waals surface area (Å²) in [6.45, 7) is 0.